The first-order chi connectivity index (χ1) is 6.29. The molecule has 1 aromatic rings. The van der Waals surface area contributed by atoms with E-state index >= 15 is 0 Å². The molecule has 0 radical (unpaired) electrons. The van der Waals surface area contributed by atoms with Crippen LogP contribution in [0.15, 0.2) is 0 Å². The van der Waals surface area contributed by atoms with Crippen molar-refractivity contribution in [3.05, 3.63) is 10.6 Å². The second-order valence-electron chi connectivity index (χ2n) is 2.38. The van der Waals surface area contributed by atoms with Crippen molar-refractivity contribution in [2.24, 2.45) is 0 Å². The van der Waals surface area contributed by atoms with Crippen LogP contribution in [0, 0.1) is 0 Å². The summed E-state index contributed by atoms with van der Waals surface area (Å²) in [6, 6.07) is 0. The van der Waals surface area contributed by atoms with E-state index in [1.807, 2.05) is 6.92 Å². The fourth-order valence-electron chi connectivity index (χ4n) is 0.862. The van der Waals surface area contributed by atoms with Crippen LogP contribution in [-0.2, 0) is 6.42 Å². The average Bonchev–Trinajstić information content (AvgIpc) is 2.61. The summed E-state index contributed by atoms with van der Waals surface area (Å²) in [7, 11) is 0. The Morgan fingerprint density at radius 3 is 3.08 bits per heavy atom. The van der Waals surface area contributed by atoms with E-state index in [-0.39, 0.29) is 19.1 Å². The van der Waals surface area contributed by atoms with Crippen molar-refractivity contribution >= 4 is 17.4 Å². The summed E-state index contributed by atoms with van der Waals surface area (Å²) < 4.78 is 3.69. The van der Waals surface area contributed by atoms with Crippen LogP contribution in [0.2, 0.25) is 0 Å². The number of carbonyl (C=O) groups is 1. The zero-order valence-corrected chi connectivity index (χ0v) is 8.10. The van der Waals surface area contributed by atoms with Crippen LogP contribution in [0.5, 0.6) is 0 Å². The standard InChI is InChI=1S/C7H11N3O2S/c1-2-5-6(13-10-9-5)7(12)8-3-4-11/h11H,2-4H2,1H3,(H,8,12). The van der Waals surface area contributed by atoms with Crippen molar-refractivity contribution in [3.8, 4) is 0 Å². The molecular formula is C7H11N3O2S. The van der Waals surface area contributed by atoms with Gasteiger partial charge in [-0.15, -0.1) is 5.10 Å². The predicted molar refractivity (Wildman–Crippen MR) is 48.7 cm³/mol. The number of aliphatic hydroxyl groups is 1. The second kappa shape index (κ2) is 4.88. The second-order valence-corrected chi connectivity index (χ2v) is 3.14. The van der Waals surface area contributed by atoms with E-state index in [0.29, 0.717) is 17.0 Å². The van der Waals surface area contributed by atoms with Crippen LogP contribution in [0.4, 0.5) is 0 Å². The van der Waals surface area contributed by atoms with Gasteiger partial charge in [0.1, 0.15) is 4.88 Å². The lowest BCUT2D eigenvalue weighted by Gasteiger charge is -2.00. The third kappa shape index (κ3) is 2.46. The lowest BCUT2D eigenvalue weighted by Crippen LogP contribution is -2.26. The number of aryl methyl sites for hydroxylation is 1. The maximum Gasteiger partial charge on any atom is 0.265 e. The summed E-state index contributed by atoms with van der Waals surface area (Å²) >= 11 is 1.08. The molecule has 0 unspecified atom stereocenters. The molecule has 0 spiro atoms. The van der Waals surface area contributed by atoms with E-state index < -0.39 is 0 Å². The van der Waals surface area contributed by atoms with E-state index in [0.717, 1.165) is 11.5 Å². The minimum Gasteiger partial charge on any atom is -0.395 e. The summed E-state index contributed by atoms with van der Waals surface area (Å²) in [5.41, 5.74) is 0.709. The van der Waals surface area contributed by atoms with Crippen LogP contribution in [0.3, 0.4) is 0 Å². The van der Waals surface area contributed by atoms with Gasteiger partial charge in [-0.2, -0.15) is 0 Å². The SMILES string of the molecule is CCc1nnsc1C(=O)NCCO. The number of nitrogens with zero attached hydrogens (tertiary/aromatic N) is 2. The van der Waals surface area contributed by atoms with Gasteiger partial charge in [0.15, 0.2) is 0 Å². The van der Waals surface area contributed by atoms with Crippen LogP contribution < -0.4 is 5.32 Å². The molecule has 0 aliphatic heterocycles. The van der Waals surface area contributed by atoms with Gasteiger partial charge in [-0.05, 0) is 18.0 Å². The molecule has 0 aliphatic carbocycles. The Morgan fingerprint density at radius 2 is 2.46 bits per heavy atom. The van der Waals surface area contributed by atoms with Gasteiger partial charge in [-0.1, -0.05) is 11.4 Å². The first-order valence-corrected chi connectivity index (χ1v) is 4.77. The van der Waals surface area contributed by atoms with Crippen LogP contribution in [0.1, 0.15) is 22.3 Å². The number of amides is 1. The van der Waals surface area contributed by atoms with Crippen molar-refractivity contribution < 1.29 is 9.90 Å². The Bertz CT molecular complexity index is 287. The molecular weight excluding hydrogens is 190 g/mol. The summed E-state index contributed by atoms with van der Waals surface area (Å²) in [5.74, 6) is -0.207. The summed E-state index contributed by atoms with van der Waals surface area (Å²) in [6.45, 7) is 2.12. The van der Waals surface area contributed by atoms with Gasteiger partial charge in [0.05, 0.1) is 12.3 Å². The molecule has 13 heavy (non-hydrogen) atoms. The molecule has 1 heterocycles. The number of hydrogen-bond acceptors (Lipinski definition) is 5. The molecule has 0 saturated carbocycles. The predicted octanol–water partition coefficient (Wildman–Crippen LogP) is -0.177. The number of hydrogen-bond donors (Lipinski definition) is 2. The Morgan fingerprint density at radius 1 is 1.69 bits per heavy atom. The summed E-state index contributed by atoms with van der Waals surface area (Å²) in [5, 5.41) is 14.9. The number of rotatable bonds is 4. The van der Waals surface area contributed by atoms with E-state index in [1.54, 1.807) is 0 Å². The van der Waals surface area contributed by atoms with Gasteiger partial charge in [0, 0.05) is 6.54 Å². The Kier molecular flexibility index (Phi) is 3.78. The molecule has 5 nitrogen and oxygen atoms in total. The van der Waals surface area contributed by atoms with Crippen molar-refractivity contribution in [2.45, 2.75) is 13.3 Å². The van der Waals surface area contributed by atoms with E-state index in [4.69, 9.17) is 5.11 Å². The molecule has 0 aromatic carbocycles. The zero-order chi connectivity index (χ0) is 9.68. The summed E-state index contributed by atoms with van der Waals surface area (Å²) in [4.78, 5) is 11.9. The highest BCUT2D eigenvalue weighted by molar-refractivity contribution is 7.08. The maximum absolute atomic E-state index is 11.4. The fourth-order valence-corrected chi connectivity index (χ4v) is 1.53. The molecule has 2 N–H and O–H groups in total. The Balaban J connectivity index is 2.65. The first-order valence-electron chi connectivity index (χ1n) is 3.99. The molecule has 1 amide bonds. The third-order valence-corrected chi connectivity index (χ3v) is 2.26. The van der Waals surface area contributed by atoms with Gasteiger partial charge in [-0.3, -0.25) is 4.79 Å². The molecule has 0 bridgehead atoms. The van der Waals surface area contributed by atoms with Crippen molar-refractivity contribution in [2.75, 3.05) is 13.2 Å². The highest BCUT2D eigenvalue weighted by atomic mass is 32.1. The van der Waals surface area contributed by atoms with Gasteiger partial charge in [0.2, 0.25) is 0 Å². The topological polar surface area (TPSA) is 75.1 Å². The number of aromatic nitrogens is 2. The lowest BCUT2D eigenvalue weighted by atomic mass is 10.3. The molecule has 72 valence electrons. The van der Waals surface area contributed by atoms with E-state index in [9.17, 15) is 4.79 Å². The molecule has 6 heteroatoms. The van der Waals surface area contributed by atoms with Gasteiger partial charge in [-0.25, -0.2) is 0 Å². The van der Waals surface area contributed by atoms with Crippen molar-refractivity contribution in [1.82, 2.24) is 14.9 Å². The fraction of sp³-hybridized carbons (Fsp3) is 0.571. The Hall–Kier alpha value is -1.01. The molecule has 0 aliphatic rings. The van der Waals surface area contributed by atoms with Gasteiger partial charge < -0.3 is 10.4 Å². The minimum absolute atomic E-state index is 0.0561. The lowest BCUT2D eigenvalue weighted by molar-refractivity contribution is 0.0947. The highest BCUT2D eigenvalue weighted by Gasteiger charge is 2.13. The zero-order valence-electron chi connectivity index (χ0n) is 7.28. The first kappa shape index (κ1) is 10.1. The highest BCUT2D eigenvalue weighted by Crippen LogP contribution is 2.10. The molecule has 0 atom stereocenters. The van der Waals surface area contributed by atoms with Crippen molar-refractivity contribution in [3.63, 3.8) is 0 Å². The van der Waals surface area contributed by atoms with Crippen LogP contribution in [0.25, 0.3) is 0 Å². The van der Waals surface area contributed by atoms with Crippen LogP contribution >= 0.6 is 11.5 Å². The van der Waals surface area contributed by atoms with Crippen molar-refractivity contribution in [1.29, 1.82) is 0 Å². The molecule has 1 rings (SSSR count). The van der Waals surface area contributed by atoms with Crippen LogP contribution in [-0.4, -0.2) is 33.8 Å². The number of carbonyl (C=O) groups excluding carboxylic acids is 1. The van der Waals surface area contributed by atoms with Gasteiger partial charge >= 0.3 is 0 Å². The maximum atomic E-state index is 11.4. The minimum atomic E-state index is -0.207. The smallest absolute Gasteiger partial charge is 0.265 e. The van der Waals surface area contributed by atoms with Gasteiger partial charge in [0.25, 0.3) is 5.91 Å². The molecule has 1 aromatic heterocycles. The number of aliphatic hydroxyl groups excluding tert-OH is 1. The molecule has 0 saturated heterocycles. The monoisotopic (exact) mass is 201 g/mol. The molecule has 0 fully saturated rings. The average molecular weight is 201 g/mol. The Labute approximate surface area is 80.0 Å². The number of nitrogens with one attached hydrogen (secondary N) is 1. The van der Waals surface area contributed by atoms with E-state index in [2.05, 4.69) is 14.9 Å². The van der Waals surface area contributed by atoms with E-state index in [1.165, 1.54) is 0 Å². The summed E-state index contributed by atoms with van der Waals surface area (Å²) in [6.07, 6.45) is 0.693. The normalized spacial score (nSPS) is 10.0. The quantitative estimate of drug-likeness (QED) is 0.708. The third-order valence-electron chi connectivity index (χ3n) is 1.49. The largest absolute Gasteiger partial charge is 0.395 e.